The molecule has 7 nitrogen and oxygen atoms in total. The van der Waals surface area contributed by atoms with Gasteiger partial charge in [0.05, 0.1) is 10.6 Å². The van der Waals surface area contributed by atoms with Crippen LogP contribution in [0.2, 0.25) is 0 Å². The zero-order chi connectivity index (χ0) is 20.9. The van der Waals surface area contributed by atoms with Crippen LogP contribution in [0.15, 0.2) is 41.3 Å². The van der Waals surface area contributed by atoms with E-state index in [1.54, 1.807) is 30.3 Å². The molecule has 0 aliphatic heterocycles. The average molecular weight is 418 g/mol. The third kappa shape index (κ3) is 6.25. The monoisotopic (exact) mass is 417 g/mol. The van der Waals surface area contributed by atoms with Crippen molar-refractivity contribution in [1.29, 1.82) is 0 Å². The number of nitrogens with one attached hydrogen (secondary N) is 1. The van der Waals surface area contributed by atoms with Gasteiger partial charge in [-0.2, -0.15) is 0 Å². The number of nitrogens with zero attached hydrogens (tertiary/aromatic N) is 2. The third-order valence-electron chi connectivity index (χ3n) is 4.97. The Labute approximate surface area is 171 Å². The van der Waals surface area contributed by atoms with Crippen molar-refractivity contribution in [1.82, 2.24) is 15.3 Å². The summed E-state index contributed by atoms with van der Waals surface area (Å²) < 4.78 is 30.5. The minimum absolute atomic E-state index is 0.0304. The number of amides is 1. The number of carbonyl (C=O) groups is 1. The summed E-state index contributed by atoms with van der Waals surface area (Å²) in [4.78, 5) is 21.1. The number of aryl methyl sites for hydroxylation is 2. The Morgan fingerprint density at radius 1 is 1.07 bits per heavy atom. The molecule has 1 heterocycles. The molecule has 3 rings (SSSR count). The van der Waals surface area contributed by atoms with E-state index in [1.807, 2.05) is 19.9 Å². The van der Waals surface area contributed by atoms with Crippen LogP contribution in [-0.4, -0.2) is 42.2 Å². The quantitative estimate of drug-likeness (QED) is 0.744. The molecule has 1 aromatic heterocycles. The molecule has 0 spiro atoms. The molecular weight excluding hydrogens is 390 g/mol. The van der Waals surface area contributed by atoms with Gasteiger partial charge >= 0.3 is 6.01 Å². The van der Waals surface area contributed by atoms with Crippen LogP contribution in [0.5, 0.6) is 6.01 Å². The van der Waals surface area contributed by atoms with Crippen LogP contribution in [0, 0.1) is 13.8 Å². The maximum atomic E-state index is 12.3. The number of benzene rings is 1. The fourth-order valence-corrected chi connectivity index (χ4v) is 4.75. The van der Waals surface area contributed by atoms with Crippen molar-refractivity contribution >= 4 is 15.7 Å². The molecule has 0 unspecified atom stereocenters. The van der Waals surface area contributed by atoms with Gasteiger partial charge in [0, 0.05) is 23.9 Å². The molecule has 2 aromatic rings. The second-order valence-electron chi connectivity index (χ2n) is 7.47. The SMILES string of the molecule is Cc1cc(C)nc(OC2CCC(NC(=O)CCS(=O)(=O)c3ccccc3)CC2)n1. The maximum Gasteiger partial charge on any atom is 0.317 e. The first-order valence-electron chi connectivity index (χ1n) is 9.88. The highest BCUT2D eigenvalue weighted by Gasteiger charge is 2.25. The van der Waals surface area contributed by atoms with Crippen LogP contribution in [0.3, 0.4) is 0 Å². The molecule has 1 aliphatic rings. The van der Waals surface area contributed by atoms with Gasteiger partial charge in [-0.1, -0.05) is 18.2 Å². The number of hydrogen-bond donors (Lipinski definition) is 1. The number of carbonyl (C=O) groups excluding carboxylic acids is 1. The average Bonchev–Trinajstić information content (AvgIpc) is 2.68. The molecule has 1 aliphatic carbocycles. The Morgan fingerprint density at radius 2 is 1.69 bits per heavy atom. The second-order valence-corrected chi connectivity index (χ2v) is 9.58. The van der Waals surface area contributed by atoms with Gasteiger partial charge in [-0.15, -0.1) is 0 Å². The summed E-state index contributed by atoms with van der Waals surface area (Å²) in [7, 11) is -3.44. The van der Waals surface area contributed by atoms with E-state index in [2.05, 4.69) is 15.3 Å². The summed E-state index contributed by atoms with van der Waals surface area (Å²) in [5, 5.41) is 2.96. The lowest BCUT2D eigenvalue weighted by Gasteiger charge is -2.29. The maximum absolute atomic E-state index is 12.3. The van der Waals surface area contributed by atoms with Gasteiger partial charge in [0.25, 0.3) is 0 Å². The van der Waals surface area contributed by atoms with Crippen LogP contribution in [0.1, 0.15) is 43.5 Å². The zero-order valence-corrected chi connectivity index (χ0v) is 17.6. The Morgan fingerprint density at radius 3 is 2.31 bits per heavy atom. The van der Waals surface area contributed by atoms with Crippen LogP contribution >= 0.6 is 0 Å². The van der Waals surface area contributed by atoms with Gasteiger partial charge in [0.15, 0.2) is 9.84 Å². The zero-order valence-electron chi connectivity index (χ0n) is 16.8. The largest absolute Gasteiger partial charge is 0.460 e. The van der Waals surface area contributed by atoms with E-state index < -0.39 is 9.84 Å². The number of aromatic nitrogens is 2. The first-order chi connectivity index (χ1) is 13.8. The van der Waals surface area contributed by atoms with E-state index in [0.29, 0.717) is 6.01 Å². The Balaban J connectivity index is 1.42. The van der Waals surface area contributed by atoms with E-state index in [9.17, 15) is 13.2 Å². The predicted molar refractivity (Wildman–Crippen MR) is 109 cm³/mol. The molecule has 0 radical (unpaired) electrons. The lowest BCUT2D eigenvalue weighted by molar-refractivity contribution is -0.121. The fraction of sp³-hybridized carbons (Fsp3) is 0.476. The highest BCUT2D eigenvalue weighted by atomic mass is 32.2. The minimum Gasteiger partial charge on any atom is -0.460 e. The Hall–Kier alpha value is -2.48. The standard InChI is InChI=1S/C21H27N3O4S/c1-15-14-16(2)23-21(22-15)28-18-10-8-17(9-11-18)24-20(25)12-13-29(26,27)19-6-4-3-5-7-19/h3-7,14,17-18H,8-13H2,1-2H3,(H,24,25). The van der Waals surface area contributed by atoms with Crippen molar-refractivity contribution in [2.75, 3.05) is 5.75 Å². The number of rotatable bonds is 7. The van der Waals surface area contributed by atoms with Crippen LogP contribution < -0.4 is 10.1 Å². The van der Waals surface area contributed by atoms with Crippen molar-refractivity contribution in [3.05, 3.63) is 47.8 Å². The third-order valence-corrected chi connectivity index (χ3v) is 6.71. The van der Waals surface area contributed by atoms with E-state index in [1.165, 1.54) is 0 Å². The summed E-state index contributed by atoms with van der Waals surface area (Å²) in [6, 6.07) is 10.6. The molecule has 156 valence electrons. The van der Waals surface area contributed by atoms with Gasteiger partial charge in [0.1, 0.15) is 6.10 Å². The summed E-state index contributed by atoms with van der Waals surface area (Å²) in [5.74, 6) is -0.419. The Kier molecular flexibility index (Phi) is 6.84. The highest BCUT2D eigenvalue weighted by molar-refractivity contribution is 7.91. The molecular formula is C21H27N3O4S. The molecule has 8 heteroatoms. The lowest BCUT2D eigenvalue weighted by atomic mass is 9.93. The van der Waals surface area contributed by atoms with Crippen LogP contribution in [0.25, 0.3) is 0 Å². The van der Waals surface area contributed by atoms with E-state index >= 15 is 0 Å². The van der Waals surface area contributed by atoms with Crippen molar-refractivity contribution in [3.63, 3.8) is 0 Å². The summed E-state index contributed by atoms with van der Waals surface area (Å²) in [5.41, 5.74) is 1.75. The first-order valence-corrected chi connectivity index (χ1v) is 11.5. The van der Waals surface area contributed by atoms with Gasteiger partial charge in [0.2, 0.25) is 5.91 Å². The first kappa shape index (κ1) is 21.2. The summed E-state index contributed by atoms with van der Waals surface area (Å²) in [6.07, 6.45) is 3.15. The molecule has 0 bridgehead atoms. The van der Waals surface area contributed by atoms with Crippen molar-refractivity contribution in [3.8, 4) is 6.01 Å². The van der Waals surface area contributed by atoms with Crippen molar-refractivity contribution < 1.29 is 17.9 Å². The topological polar surface area (TPSA) is 98.2 Å². The number of ether oxygens (including phenoxy) is 1. The highest BCUT2D eigenvalue weighted by Crippen LogP contribution is 2.23. The smallest absolute Gasteiger partial charge is 0.317 e. The van der Waals surface area contributed by atoms with E-state index in [-0.39, 0.29) is 35.1 Å². The normalized spacial score (nSPS) is 19.5. The molecule has 1 amide bonds. The number of hydrogen-bond acceptors (Lipinski definition) is 6. The second kappa shape index (κ2) is 9.35. The molecule has 29 heavy (non-hydrogen) atoms. The number of sulfone groups is 1. The molecule has 1 saturated carbocycles. The molecule has 0 atom stereocenters. The summed E-state index contributed by atoms with van der Waals surface area (Å²) in [6.45, 7) is 3.82. The predicted octanol–water partition coefficient (Wildman–Crippen LogP) is 2.76. The van der Waals surface area contributed by atoms with Gasteiger partial charge in [-0.25, -0.2) is 18.4 Å². The van der Waals surface area contributed by atoms with Crippen LogP contribution in [-0.2, 0) is 14.6 Å². The van der Waals surface area contributed by atoms with Crippen molar-refractivity contribution in [2.24, 2.45) is 0 Å². The van der Waals surface area contributed by atoms with Crippen molar-refractivity contribution in [2.45, 2.75) is 63.0 Å². The summed E-state index contributed by atoms with van der Waals surface area (Å²) >= 11 is 0. The van der Waals surface area contributed by atoms with Gasteiger partial charge in [-0.05, 0) is 57.7 Å². The van der Waals surface area contributed by atoms with Crippen LogP contribution in [0.4, 0.5) is 0 Å². The van der Waals surface area contributed by atoms with E-state index in [0.717, 1.165) is 37.1 Å². The molecule has 1 aromatic carbocycles. The van der Waals surface area contributed by atoms with Gasteiger partial charge in [-0.3, -0.25) is 4.79 Å². The van der Waals surface area contributed by atoms with E-state index in [4.69, 9.17) is 4.74 Å². The van der Waals surface area contributed by atoms with Gasteiger partial charge < -0.3 is 10.1 Å². The minimum atomic E-state index is -3.44. The fourth-order valence-electron chi connectivity index (χ4n) is 3.49. The Bertz CT molecular complexity index is 919. The lowest BCUT2D eigenvalue weighted by Crippen LogP contribution is -2.40. The molecule has 1 N–H and O–H groups in total. The molecule has 1 fully saturated rings. The molecule has 0 saturated heterocycles.